The van der Waals surface area contributed by atoms with Gasteiger partial charge in [0.1, 0.15) is 5.75 Å². The second-order valence-electron chi connectivity index (χ2n) is 2.69. The van der Waals surface area contributed by atoms with Gasteiger partial charge in [-0.3, -0.25) is 0 Å². The first-order valence-corrected chi connectivity index (χ1v) is 3.67. The van der Waals surface area contributed by atoms with Crippen LogP contribution in [0.5, 0.6) is 5.75 Å². The summed E-state index contributed by atoms with van der Waals surface area (Å²) in [5.74, 6) is 0.771. The van der Waals surface area contributed by atoms with Crippen LogP contribution in [-0.2, 0) is 0 Å². The van der Waals surface area contributed by atoms with Crippen molar-refractivity contribution in [3.05, 3.63) is 24.3 Å². The van der Waals surface area contributed by atoms with Crippen molar-refractivity contribution >= 4 is 5.69 Å². The molecule has 59 valence electrons. The Balaban J connectivity index is 2.71. The second kappa shape index (κ2) is 3.28. The fourth-order valence-electron chi connectivity index (χ4n) is 0.842. The van der Waals surface area contributed by atoms with Gasteiger partial charge in [-0.05, 0) is 26.0 Å². The van der Waals surface area contributed by atoms with Gasteiger partial charge in [0.05, 0.1) is 11.8 Å². The van der Waals surface area contributed by atoms with E-state index < -0.39 is 0 Å². The normalized spacial score (nSPS) is 10.1. The SMILES string of the molecule is CC(C)Oc1cccc([NH])c1. The van der Waals surface area contributed by atoms with Gasteiger partial charge in [-0.1, -0.05) is 6.07 Å². The molecule has 0 saturated heterocycles. The summed E-state index contributed by atoms with van der Waals surface area (Å²) < 4.78 is 5.38. The fourth-order valence-corrected chi connectivity index (χ4v) is 0.842. The smallest absolute Gasteiger partial charge is 0.121 e. The van der Waals surface area contributed by atoms with Gasteiger partial charge in [-0.15, -0.1) is 0 Å². The van der Waals surface area contributed by atoms with Crippen LogP contribution in [0.15, 0.2) is 24.3 Å². The minimum absolute atomic E-state index is 0.178. The Morgan fingerprint density at radius 2 is 2.09 bits per heavy atom. The van der Waals surface area contributed by atoms with Gasteiger partial charge < -0.3 is 10.5 Å². The predicted molar refractivity (Wildman–Crippen MR) is 45.0 cm³/mol. The maximum Gasteiger partial charge on any atom is 0.121 e. The molecule has 1 aromatic rings. The molecule has 0 aliphatic rings. The maximum absolute atomic E-state index is 7.30. The molecule has 1 aromatic carbocycles. The summed E-state index contributed by atoms with van der Waals surface area (Å²) in [7, 11) is 0. The maximum atomic E-state index is 7.30. The zero-order valence-electron chi connectivity index (χ0n) is 6.79. The van der Waals surface area contributed by atoms with Crippen LogP contribution in [0.1, 0.15) is 13.8 Å². The molecular weight excluding hydrogens is 138 g/mol. The highest BCUT2D eigenvalue weighted by Gasteiger charge is 1.96. The summed E-state index contributed by atoms with van der Waals surface area (Å²) in [4.78, 5) is 0. The third kappa shape index (κ3) is 2.50. The van der Waals surface area contributed by atoms with Gasteiger partial charge in [0.2, 0.25) is 0 Å². The molecule has 0 spiro atoms. The molecule has 2 nitrogen and oxygen atoms in total. The van der Waals surface area contributed by atoms with Crippen LogP contribution in [0.4, 0.5) is 5.69 Å². The standard InChI is InChI=1S/C9H12NO/c1-7(2)11-9-5-3-4-8(10)6-9/h3-7,10H,1-2H3. The lowest BCUT2D eigenvalue weighted by molar-refractivity contribution is 0.242. The lowest BCUT2D eigenvalue weighted by Gasteiger charge is -2.08. The third-order valence-electron chi connectivity index (χ3n) is 1.21. The molecule has 0 unspecified atom stereocenters. The minimum Gasteiger partial charge on any atom is -0.491 e. The van der Waals surface area contributed by atoms with Crippen LogP contribution in [-0.4, -0.2) is 6.10 Å². The molecule has 0 heterocycles. The van der Waals surface area contributed by atoms with E-state index in [-0.39, 0.29) is 6.10 Å². The number of hydrogen-bond acceptors (Lipinski definition) is 1. The first kappa shape index (κ1) is 7.92. The van der Waals surface area contributed by atoms with E-state index in [9.17, 15) is 0 Å². The van der Waals surface area contributed by atoms with Crippen molar-refractivity contribution in [1.82, 2.24) is 5.73 Å². The summed E-state index contributed by atoms with van der Waals surface area (Å²) in [5.41, 5.74) is 7.79. The van der Waals surface area contributed by atoms with Gasteiger partial charge in [0, 0.05) is 6.07 Å². The Morgan fingerprint density at radius 1 is 1.36 bits per heavy atom. The molecule has 0 saturated carbocycles. The second-order valence-corrected chi connectivity index (χ2v) is 2.69. The fraction of sp³-hybridized carbons (Fsp3) is 0.333. The lowest BCUT2D eigenvalue weighted by Crippen LogP contribution is -2.05. The monoisotopic (exact) mass is 150 g/mol. The Kier molecular flexibility index (Phi) is 2.36. The highest BCUT2D eigenvalue weighted by molar-refractivity contribution is 5.40. The van der Waals surface area contributed by atoms with E-state index >= 15 is 0 Å². The molecule has 0 aliphatic heterocycles. The predicted octanol–water partition coefficient (Wildman–Crippen LogP) is 2.39. The van der Waals surface area contributed by atoms with Crippen molar-refractivity contribution in [2.24, 2.45) is 0 Å². The number of hydrogen-bond donors (Lipinski definition) is 0. The molecule has 0 fully saturated rings. The molecule has 1 N–H and O–H groups in total. The van der Waals surface area contributed by atoms with Crippen molar-refractivity contribution in [1.29, 1.82) is 0 Å². The van der Waals surface area contributed by atoms with Crippen LogP contribution in [0.2, 0.25) is 0 Å². The summed E-state index contributed by atoms with van der Waals surface area (Å²) in [6.07, 6.45) is 0.178. The molecule has 0 aromatic heterocycles. The zero-order chi connectivity index (χ0) is 8.27. The first-order chi connectivity index (χ1) is 5.18. The molecule has 1 rings (SSSR count). The van der Waals surface area contributed by atoms with Crippen LogP contribution in [0.3, 0.4) is 0 Å². The van der Waals surface area contributed by atoms with E-state index in [0.717, 1.165) is 5.75 Å². The number of ether oxygens (including phenoxy) is 1. The van der Waals surface area contributed by atoms with Gasteiger partial charge >= 0.3 is 0 Å². The molecule has 0 amide bonds. The minimum atomic E-state index is 0.178. The van der Waals surface area contributed by atoms with E-state index in [4.69, 9.17) is 10.5 Å². The average molecular weight is 150 g/mol. The van der Waals surface area contributed by atoms with Gasteiger partial charge in [-0.25, -0.2) is 0 Å². The molecular formula is C9H12NO. The summed E-state index contributed by atoms with van der Waals surface area (Å²) in [5, 5.41) is 0. The van der Waals surface area contributed by atoms with Crippen LogP contribution in [0, 0.1) is 0 Å². The topological polar surface area (TPSA) is 33.0 Å². The zero-order valence-corrected chi connectivity index (χ0v) is 6.79. The Hall–Kier alpha value is -1.18. The third-order valence-corrected chi connectivity index (χ3v) is 1.21. The van der Waals surface area contributed by atoms with Crippen LogP contribution >= 0.6 is 0 Å². The van der Waals surface area contributed by atoms with E-state index in [0.29, 0.717) is 5.69 Å². The molecule has 0 bridgehead atoms. The highest BCUT2D eigenvalue weighted by atomic mass is 16.5. The largest absolute Gasteiger partial charge is 0.491 e. The van der Waals surface area contributed by atoms with Crippen molar-refractivity contribution in [3.63, 3.8) is 0 Å². The van der Waals surface area contributed by atoms with Crippen molar-refractivity contribution in [3.8, 4) is 5.75 Å². The van der Waals surface area contributed by atoms with Gasteiger partial charge in [-0.2, -0.15) is 0 Å². The summed E-state index contributed by atoms with van der Waals surface area (Å²) in [6.45, 7) is 3.94. The first-order valence-electron chi connectivity index (χ1n) is 3.67. The molecule has 2 heteroatoms. The summed E-state index contributed by atoms with van der Waals surface area (Å²) in [6, 6.07) is 7.12. The Labute approximate surface area is 67.0 Å². The number of nitrogens with one attached hydrogen (secondary N) is 1. The summed E-state index contributed by atoms with van der Waals surface area (Å²) >= 11 is 0. The molecule has 0 atom stereocenters. The van der Waals surface area contributed by atoms with Crippen molar-refractivity contribution < 1.29 is 4.74 Å². The highest BCUT2D eigenvalue weighted by Crippen LogP contribution is 2.16. The average Bonchev–Trinajstić information content (AvgIpc) is 1.85. The number of rotatable bonds is 2. The van der Waals surface area contributed by atoms with E-state index in [2.05, 4.69) is 0 Å². The molecule has 0 aliphatic carbocycles. The van der Waals surface area contributed by atoms with Gasteiger partial charge in [0.15, 0.2) is 0 Å². The van der Waals surface area contributed by atoms with Crippen LogP contribution in [0.25, 0.3) is 0 Å². The van der Waals surface area contributed by atoms with E-state index in [1.165, 1.54) is 0 Å². The lowest BCUT2D eigenvalue weighted by atomic mass is 10.3. The van der Waals surface area contributed by atoms with Crippen LogP contribution < -0.4 is 10.5 Å². The van der Waals surface area contributed by atoms with E-state index in [1.807, 2.05) is 26.0 Å². The van der Waals surface area contributed by atoms with Gasteiger partial charge in [0.25, 0.3) is 0 Å². The molecule has 11 heavy (non-hydrogen) atoms. The quantitative estimate of drug-likeness (QED) is 0.637. The Morgan fingerprint density at radius 3 is 2.64 bits per heavy atom. The molecule has 1 radical (unpaired) electrons. The number of benzene rings is 1. The van der Waals surface area contributed by atoms with E-state index in [1.54, 1.807) is 12.1 Å². The van der Waals surface area contributed by atoms with Crippen molar-refractivity contribution in [2.75, 3.05) is 0 Å². The van der Waals surface area contributed by atoms with Crippen molar-refractivity contribution in [2.45, 2.75) is 20.0 Å². The Bertz CT molecular complexity index is 233.